The van der Waals surface area contributed by atoms with Crippen molar-refractivity contribution >= 4 is 15.2 Å². The minimum absolute atomic E-state index is 0.281. The summed E-state index contributed by atoms with van der Waals surface area (Å²) < 4.78 is 22.5. The maximum absolute atomic E-state index is 12.2. The molecule has 0 fully saturated rings. The van der Waals surface area contributed by atoms with Gasteiger partial charge in [-0.15, -0.1) is 0 Å². The summed E-state index contributed by atoms with van der Waals surface area (Å²) >= 11 is 0. The highest BCUT2D eigenvalue weighted by atomic mass is 32.3. The normalized spacial score (nSPS) is 16.5. The maximum atomic E-state index is 12.2. The van der Waals surface area contributed by atoms with Gasteiger partial charge in [0.2, 0.25) is 0 Å². The van der Waals surface area contributed by atoms with Crippen molar-refractivity contribution in [3.8, 4) is 0 Å². The number of nitrogens with one attached hydrogen (secondary N) is 1. The van der Waals surface area contributed by atoms with Gasteiger partial charge in [0, 0.05) is 19.4 Å². The van der Waals surface area contributed by atoms with Gasteiger partial charge in [0.1, 0.15) is 5.60 Å². The molecule has 0 radical (unpaired) electrons. The van der Waals surface area contributed by atoms with Gasteiger partial charge < -0.3 is 14.8 Å². The van der Waals surface area contributed by atoms with Crippen molar-refractivity contribution in [1.29, 1.82) is 0 Å². The Kier molecular flexibility index (Phi) is 5.38. The highest BCUT2D eigenvalue weighted by molar-refractivity contribution is 8.18. The molecule has 1 atom stereocenters. The molecular formula is C12H27NO4S. The van der Waals surface area contributed by atoms with Crippen LogP contribution in [0.2, 0.25) is 0 Å². The summed E-state index contributed by atoms with van der Waals surface area (Å²) in [5, 5.41) is 2.62. The second kappa shape index (κ2) is 5.57. The van der Waals surface area contributed by atoms with Crippen LogP contribution in [0.4, 0.5) is 4.79 Å². The Balaban J connectivity index is 4.26. The van der Waals surface area contributed by atoms with Crippen LogP contribution in [0, 0.1) is 0 Å². The molecule has 0 aromatic carbocycles. The molecule has 0 saturated heterocycles. The maximum Gasteiger partial charge on any atom is 0.407 e. The van der Waals surface area contributed by atoms with Crippen LogP contribution in [0.15, 0.2) is 0 Å². The number of carbonyl (C=O) groups is 1. The van der Waals surface area contributed by atoms with Gasteiger partial charge in [-0.25, -0.2) is 4.79 Å². The molecule has 1 amide bonds. The molecule has 0 saturated carbocycles. The molecule has 1 unspecified atom stereocenters. The van der Waals surface area contributed by atoms with Crippen LogP contribution in [-0.4, -0.2) is 60.2 Å². The molecule has 18 heavy (non-hydrogen) atoms. The van der Waals surface area contributed by atoms with E-state index in [9.17, 15) is 9.00 Å². The van der Waals surface area contributed by atoms with Crippen LogP contribution in [0.25, 0.3) is 0 Å². The van der Waals surface area contributed by atoms with E-state index in [1.54, 1.807) is 46.6 Å². The smallest absolute Gasteiger partial charge is 0.407 e. The lowest BCUT2D eigenvalue weighted by Crippen LogP contribution is -2.45. The van der Waals surface area contributed by atoms with E-state index in [1.807, 2.05) is 0 Å². The summed E-state index contributed by atoms with van der Waals surface area (Å²) in [5.74, 6) is 0.406. The van der Waals surface area contributed by atoms with Crippen LogP contribution in [-0.2, 0) is 18.5 Å². The molecule has 5 nitrogen and oxygen atoms in total. The Morgan fingerprint density at radius 3 is 2.11 bits per heavy atom. The van der Waals surface area contributed by atoms with E-state index in [-0.39, 0.29) is 12.6 Å². The number of hydrogen-bond acceptors (Lipinski definition) is 4. The fourth-order valence-electron chi connectivity index (χ4n) is 1.36. The second-order valence-electron chi connectivity index (χ2n) is 6.62. The molecule has 6 heteroatoms. The predicted molar refractivity (Wildman–Crippen MR) is 75.8 cm³/mol. The van der Waals surface area contributed by atoms with Gasteiger partial charge in [-0.3, -0.25) is 4.21 Å². The third-order valence-corrected chi connectivity index (χ3v) is 3.47. The third-order valence-electron chi connectivity index (χ3n) is 1.96. The fourth-order valence-corrected chi connectivity index (χ4v) is 2.88. The molecule has 0 rings (SSSR count). The molecule has 0 aliphatic carbocycles. The third kappa shape index (κ3) is 10.5. The minimum atomic E-state index is -2.65. The zero-order valence-corrected chi connectivity index (χ0v) is 13.3. The Labute approximate surface area is 110 Å². The number of ether oxygens (including phenoxy) is 2. The van der Waals surface area contributed by atoms with Gasteiger partial charge in [0.15, 0.2) is 0 Å². The molecule has 1 N–H and O–H groups in total. The molecule has 0 aliphatic heterocycles. The van der Waals surface area contributed by atoms with Crippen molar-refractivity contribution < 1.29 is 18.5 Å². The Morgan fingerprint density at radius 2 is 1.78 bits per heavy atom. The van der Waals surface area contributed by atoms with Gasteiger partial charge in [-0.1, -0.05) is 9.07 Å². The molecule has 0 heterocycles. The zero-order chi connectivity index (χ0) is 14.6. The van der Waals surface area contributed by atoms with E-state index >= 15 is 0 Å². The van der Waals surface area contributed by atoms with Crippen LogP contribution in [0.1, 0.15) is 20.8 Å². The van der Waals surface area contributed by atoms with Crippen LogP contribution in [0.3, 0.4) is 0 Å². The fraction of sp³-hybridized carbons (Fsp3) is 0.917. The number of carbonyl (C=O) groups excluding carboxylic acids is 1. The number of methoxy groups -OCH3 is 1. The monoisotopic (exact) mass is 281 g/mol. The number of hydrogen-bond donors (Lipinski definition) is 1. The lowest BCUT2D eigenvalue weighted by atomic mass is 10.2. The summed E-state index contributed by atoms with van der Waals surface area (Å²) in [6.45, 7) is 5.68. The van der Waals surface area contributed by atoms with Crippen molar-refractivity contribution in [3.63, 3.8) is 0 Å². The summed E-state index contributed by atoms with van der Waals surface area (Å²) in [6.07, 6.45) is 4.39. The lowest BCUT2D eigenvalue weighted by Gasteiger charge is -2.32. The molecular weight excluding hydrogens is 254 g/mol. The number of alkyl carbamates (subject to hydrolysis) is 1. The average Bonchev–Trinajstić information content (AvgIpc) is 2.06. The Bertz CT molecular complexity index is 343. The van der Waals surface area contributed by atoms with Gasteiger partial charge in [0.25, 0.3) is 0 Å². The predicted octanol–water partition coefficient (Wildman–Crippen LogP) is 1.24. The van der Waals surface area contributed by atoms with E-state index < -0.39 is 20.8 Å². The molecule has 110 valence electrons. The lowest BCUT2D eigenvalue weighted by molar-refractivity contribution is 0.0474. The van der Waals surface area contributed by atoms with Gasteiger partial charge >= 0.3 is 6.09 Å². The first-order valence-corrected chi connectivity index (χ1v) is 9.22. The Morgan fingerprint density at radius 1 is 1.28 bits per heavy atom. The summed E-state index contributed by atoms with van der Waals surface area (Å²) in [5.41, 5.74) is -0.525. The molecule has 0 bridgehead atoms. The topological polar surface area (TPSA) is 64.6 Å². The van der Waals surface area contributed by atoms with Crippen LogP contribution in [0.5, 0.6) is 0 Å². The Hall–Kier alpha value is -0.620. The van der Waals surface area contributed by atoms with Crippen LogP contribution >= 0.6 is 0 Å². The van der Waals surface area contributed by atoms with Crippen LogP contribution < -0.4 is 5.32 Å². The molecule has 0 aliphatic rings. The summed E-state index contributed by atoms with van der Waals surface area (Å²) in [6, 6.07) is 0. The molecule has 0 aromatic heterocycles. The quantitative estimate of drug-likeness (QED) is 0.823. The van der Waals surface area contributed by atoms with E-state index in [0.29, 0.717) is 5.75 Å². The van der Waals surface area contributed by atoms with Crippen molar-refractivity contribution in [2.75, 3.05) is 38.2 Å². The van der Waals surface area contributed by atoms with E-state index in [2.05, 4.69) is 5.32 Å². The van der Waals surface area contributed by atoms with Gasteiger partial charge in [-0.05, 0) is 39.5 Å². The summed E-state index contributed by atoms with van der Waals surface area (Å²) in [4.78, 5) is 11.5. The minimum Gasteiger partial charge on any atom is -0.444 e. The average molecular weight is 281 g/mol. The second-order valence-corrected chi connectivity index (χ2v) is 12.4. The SMILES string of the molecule is COC(CNC(=O)OC(C)(C)C)CS(C)(C)(C)=O. The largest absolute Gasteiger partial charge is 0.444 e. The number of amides is 1. The summed E-state index contributed by atoms with van der Waals surface area (Å²) in [7, 11) is -1.11. The highest BCUT2D eigenvalue weighted by Crippen LogP contribution is 2.14. The van der Waals surface area contributed by atoms with Gasteiger partial charge in [0.05, 0.1) is 6.10 Å². The highest BCUT2D eigenvalue weighted by Gasteiger charge is 2.25. The molecule has 0 spiro atoms. The number of rotatable bonds is 5. The van der Waals surface area contributed by atoms with Crippen molar-refractivity contribution in [1.82, 2.24) is 5.32 Å². The van der Waals surface area contributed by atoms with E-state index in [4.69, 9.17) is 9.47 Å². The zero-order valence-electron chi connectivity index (χ0n) is 12.5. The van der Waals surface area contributed by atoms with Crippen molar-refractivity contribution in [2.45, 2.75) is 32.5 Å². The van der Waals surface area contributed by atoms with Crippen molar-refractivity contribution in [3.05, 3.63) is 0 Å². The first-order chi connectivity index (χ1) is 7.78. The molecule has 0 aromatic rings. The first kappa shape index (κ1) is 17.4. The van der Waals surface area contributed by atoms with E-state index in [1.165, 1.54) is 0 Å². The standard InChI is InChI=1S/C12H27NO4S/c1-12(2,3)17-11(14)13-8-10(16-4)9-18(5,6,7)15/h10H,8-9H2,1-7H3,(H,13,14). The van der Waals surface area contributed by atoms with Crippen molar-refractivity contribution in [2.24, 2.45) is 0 Å². The first-order valence-electron chi connectivity index (χ1n) is 5.86. The van der Waals surface area contributed by atoms with E-state index in [0.717, 1.165) is 0 Å². The van der Waals surface area contributed by atoms with Gasteiger partial charge in [-0.2, -0.15) is 0 Å².